The van der Waals surface area contributed by atoms with Crippen LogP contribution in [0.25, 0.3) is 0 Å². The second-order valence-electron chi connectivity index (χ2n) is 2.83. The lowest BCUT2D eigenvalue weighted by Crippen LogP contribution is -2.10. The maximum atomic E-state index is 11.9. The zero-order chi connectivity index (χ0) is 9.84. The molecular formula is C9H13ClFNO2. The molecule has 0 aliphatic carbocycles. The monoisotopic (exact) mass is 221 g/mol. The van der Waals surface area contributed by atoms with E-state index in [1.54, 1.807) is 6.07 Å². The van der Waals surface area contributed by atoms with Crippen molar-refractivity contribution in [2.75, 3.05) is 6.67 Å². The van der Waals surface area contributed by atoms with Crippen LogP contribution in [0.5, 0.6) is 11.5 Å². The Morgan fingerprint density at radius 2 is 1.93 bits per heavy atom. The van der Waals surface area contributed by atoms with Crippen LogP contribution in [0.3, 0.4) is 0 Å². The van der Waals surface area contributed by atoms with Gasteiger partial charge in [-0.3, -0.25) is 4.39 Å². The molecule has 0 saturated heterocycles. The molecule has 0 aliphatic heterocycles. The van der Waals surface area contributed by atoms with Crippen molar-refractivity contribution < 1.29 is 14.6 Å². The molecule has 0 saturated carbocycles. The Kier molecular flexibility index (Phi) is 5.27. The number of hydrogen-bond acceptors (Lipinski definition) is 3. The summed E-state index contributed by atoms with van der Waals surface area (Å²) < 4.78 is 11.9. The fourth-order valence-electron chi connectivity index (χ4n) is 1.06. The van der Waals surface area contributed by atoms with Gasteiger partial charge in [-0.15, -0.1) is 12.4 Å². The molecule has 1 atom stereocenters. The van der Waals surface area contributed by atoms with Gasteiger partial charge >= 0.3 is 0 Å². The highest BCUT2D eigenvalue weighted by Crippen LogP contribution is 2.27. The summed E-state index contributed by atoms with van der Waals surface area (Å²) in [5.41, 5.74) is 6.21. The number of rotatable bonds is 3. The first-order valence-electron chi connectivity index (χ1n) is 3.98. The van der Waals surface area contributed by atoms with Crippen LogP contribution in [-0.4, -0.2) is 16.9 Å². The SMILES string of the molecule is Cl.N[C@@H](CCF)c1ccc(O)c(O)c1. The second kappa shape index (κ2) is 5.67. The Morgan fingerprint density at radius 1 is 1.29 bits per heavy atom. The molecule has 0 amide bonds. The number of hydrogen-bond donors (Lipinski definition) is 3. The van der Waals surface area contributed by atoms with Gasteiger partial charge in [-0.2, -0.15) is 0 Å². The Bertz CT molecular complexity index is 296. The van der Waals surface area contributed by atoms with Crippen molar-refractivity contribution in [3.63, 3.8) is 0 Å². The summed E-state index contributed by atoms with van der Waals surface area (Å²) >= 11 is 0. The number of alkyl halides is 1. The van der Waals surface area contributed by atoms with Crippen LogP contribution in [0.2, 0.25) is 0 Å². The molecule has 80 valence electrons. The predicted molar refractivity (Wildman–Crippen MR) is 54.5 cm³/mol. The minimum atomic E-state index is -0.497. The quantitative estimate of drug-likeness (QED) is 0.683. The molecule has 0 unspecified atom stereocenters. The van der Waals surface area contributed by atoms with E-state index in [0.29, 0.717) is 5.56 Å². The standard InChI is InChI=1S/C9H12FNO2.ClH/c10-4-3-7(11)6-1-2-8(12)9(13)5-6;/h1-2,5,7,12-13H,3-4,11H2;1H/t7-;/m0./s1. The summed E-state index contributed by atoms with van der Waals surface area (Å²) in [6.45, 7) is -0.497. The van der Waals surface area contributed by atoms with Crippen LogP contribution < -0.4 is 5.73 Å². The molecule has 4 N–H and O–H groups in total. The van der Waals surface area contributed by atoms with E-state index < -0.39 is 12.7 Å². The fourth-order valence-corrected chi connectivity index (χ4v) is 1.06. The summed E-state index contributed by atoms with van der Waals surface area (Å²) in [6, 6.07) is 3.81. The smallest absolute Gasteiger partial charge is 0.157 e. The topological polar surface area (TPSA) is 66.5 Å². The summed E-state index contributed by atoms with van der Waals surface area (Å²) in [6.07, 6.45) is 0.213. The zero-order valence-electron chi connectivity index (χ0n) is 7.48. The minimum absolute atomic E-state index is 0. The number of phenols is 2. The highest BCUT2D eigenvalue weighted by Gasteiger charge is 2.07. The van der Waals surface area contributed by atoms with E-state index in [4.69, 9.17) is 15.9 Å². The summed E-state index contributed by atoms with van der Waals surface area (Å²) in [5.74, 6) is -0.428. The summed E-state index contributed by atoms with van der Waals surface area (Å²) in [7, 11) is 0. The van der Waals surface area contributed by atoms with E-state index in [2.05, 4.69) is 0 Å². The molecule has 0 fully saturated rings. The highest BCUT2D eigenvalue weighted by molar-refractivity contribution is 5.85. The molecule has 0 heterocycles. The largest absolute Gasteiger partial charge is 0.504 e. The van der Waals surface area contributed by atoms with Crippen molar-refractivity contribution in [3.05, 3.63) is 23.8 Å². The molecule has 5 heteroatoms. The van der Waals surface area contributed by atoms with E-state index in [-0.39, 0.29) is 30.3 Å². The molecule has 0 aliphatic rings. The maximum Gasteiger partial charge on any atom is 0.157 e. The van der Waals surface area contributed by atoms with Gasteiger partial charge in [-0.25, -0.2) is 0 Å². The fraction of sp³-hybridized carbons (Fsp3) is 0.333. The van der Waals surface area contributed by atoms with Crippen molar-refractivity contribution >= 4 is 12.4 Å². The molecular weight excluding hydrogens is 209 g/mol. The molecule has 1 rings (SSSR count). The lowest BCUT2D eigenvalue weighted by molar-refractivity contribution is 0.401. The number of halogens is 2. The third-order valence-electron chi connectivity index (χ3n) is 1.85. The second-order valence-corrected chi connectivity index (χ2v) is 2.83. The molecule has 0 spiro atoms. The van der Waals surface area contributed by atoms with Crippen molar-refractivity contribution in [2.45, 2.75) is 12.5 Å². The Morgan fingerprint density at radius 3 is 2.43 bits per heavy atom. The van der Waals surface area contributed by atoms with E-state index in [1.165, 1.54) is 12.1 Å². The van der Waals surface area contributed by atoms with Gasteiger partial charge < -0.3 is 15.9 Å². The number of benzene rings is 1. The first-order chi connectivity index (χ1) is 6.15. The van der Waals surface area contributed by atoms with Crippen LogP contribution in [0.15, 0.2) is 18.2 Å². The third-order valence-corrected chi connectivity index (χ3v) is 1.85. The minimum Gasteiger partial charge on any atom is -0.504 e. The van der Waals surface area contributed by atoms with Crippen LogP contribution in [0, 0.1) is 0 Å². The Labute approximate surface area is 87.8 Å². The first kappa shape index (κ1) is 13.0. The molecule has 1 aromatic rings. The van der Waals surface area contributed by atoms with Gasteiger partial charge in [0.1, 0.15) is 0 Å². The normalized spacial score (nSPS) is 11.9. The van der Waals surface area contributed by atoms with Gasteiger partial charge in [0.05, 0.1) is 6.67 Å². The van der Waals surface area contributed by atoms with Crippen LogP contribution in [-0.2, 0) is 0 Å². The Hall–Kier alpha value is -1.00. The number of nitrogens with two attached hydrogens (primary N) is 1. The molecule has 3 nitrogen and oxygen atoms in total. The lowest BCUT2D eigenvalue weighted by atomic mass is 10.0. The molecule has 14 heavy (non-hydrogen) atoms. The Balaban J connectivity index is 0.00000169. The van der Waals surface area contributed by atoms with E-state index in [0.717, 1.165) is 0 Å². The first-order valence-corrected chi connectivity index (χ1v) is 3.98. The third kappa shape index (κ3) is 3.05. The average Bonchev–Trinajstić information content (AvgIpc) is 2.10. The van der Waals surface area contributed by atoms with Crippen LogP contribution in [0.1, 0.15) is 18.0 Å². The molecule has 0 radical (unpaired) electrons. The van der Waals surface area contributed by atoms with Crippen molar-refractivity contribution in [1.82, 2.24) is 0 Å². The molecule has 1 aromatic carbocycles. The van der Waals surface area contributed by atoms with Crippen LogP contribution >= 0.6 is 12.4 Å². The average molecular weight is 222 g/mol. The van der Waals surface area contributed by atoms with Crippen molar-refractivity contribution in [3.8, 4) is 11.5 Å². The zero-order valence-corrected chi connectivity index (χ0v) is 8.30. The lowest BCUT2D eigenvalue weighted by Gasteiger charge is -2.10. The van der Waals surface area contributed by atoms with Gasteiger partial charge in [0.2, 0.25) is 0 Å². The van der Waals surface area contributed by atoms with Gasteiger partial charge in [-0.1, -0.05) is 6.07 Å². The predicted octanol–water partition coefficient (Wildman–Crippen LogP) is 1.88. The highest BCUT2D eigenvalue weighted by atomic mass is 35.5. The summed E-state index contributed by atoms with van der Waals surface area (Å²) in [4.78, 5) is 0. The number of phenolic OH excluding ortho intramolecular Hbond substituents is 2. The van der Waals surface area contributed by atoms with Crippen molar-refractivity contribution in [1.29, 1.82) is 0 Å². The molecule has 0 aromatic heterocycles. The maximum absolute atomic E-state index is 11.9. The van der Waals surface area contributed by atoms with E-state index in [1.807, 2.05) is 0 Å². The van der Waals surface area contributed by atoms with Gasteiger partial charge in [-0.05, 0) is 24.1 Å². The molecule has 0 bridgehead atoms. The number of aromatic hydroxyl groups is 2. The van der Waals surface area contributed by atoms with E-state index in [9.17, 15) is 4.39 Å². The summed E-state index contributed by atoms with van der Waals surface area (Å²) in [5, 5.41) is 18.1. The van der Waals surface area contributed by atoms with Gasteiger partial charge in [0.25, 0.3) is 0 Å². The van der Waals surface area contributed by atoms with Gasteiger partial charge in [0, 0.05) is 6.04 Å². The van der Waals surface area contributed by atoms with Gasteiger partial charge in [0.15, 0.2) is 11.5 Å². The van der Waals surface area contributed by atoms with Crippen molar-refractivity contribution in [2.24, 2.45) is 5.73 Å². The van der Waals surface area contributed by atoms with E-state index >= 15 is 0 Å². The van der Waals surface area contributed by atoms with Crippen LogP contribution in [0.4, 0.5) is 4.39 Å².